The number of hydrogen-bond donors (Lipinski definition) is 0. The zero-order valence-electron chi connectivity index (χ0n) is 15.0. The number of hydrogen-bond acceptors (Lipinski definition) is 6. The smallest absolute Gasteiger partial charge is 0.238 e. The van der Waals surface area contributed by atoms with Crippen LogP contribution in [0.5, 0.6) is 0 Å². The van der Waals surface area contributed by atoms with Crippen molar-refractivity contribution in [1.82, 2.24) is 20.2 Å². The Morgan fingerprint density at radius 2 is 1.85 bits per heavy atom. The van der Waals surface area contributed by atoms with Gasteiger partial charge in [0.1, 0.15) is 6.54 Å². The molecule has 0 saturated heterocycles. The molecular formula is C19H18N6OS. The van der Waals surface area contributed by atoms with Gasteiger partial charge in [0.2, 0.25) is 11.1 Å². The van der Waals surface area contributed by atoms with E-state index in [0.29, 0.717) is 10.8 Å². The van der Waals surface area contributed by atoms with Crippen LogP contribution in [0.1, 0.15) is 11.1 Å². The van der Waals surface area contributed by atoms with Gasteiger partial charge < -0.3 is 0 Å². The second-order valence-electron chi connectivity index (χ2n) is 5.88. The average molecular weight is 378 g/mol. The zero-order chi connectivity index (χ0) is 19.2. The quantitative estimate of drug-likeness (QED) is 0.484. The number of para-hydroxylation sites is 2. The van der Waals surface area contributed by atoms with Crippen LogP contribution in [0.25, 0.3) is 5.69 Å². The third-order valence-corrected chi connectivity index (χ3v) is 4.92. The van der Waals surface area contributed by atoms with Crippen molar-refractivity contribution < 1.29 is 4.79 Å². The van der Waals surface area contributed by atoms with Crippen molar-refractivity contribution in [1.29, 1.82) is 5.26 Å². The molecule has 0 fully saturated rings. The number of carbonyl (C=O) groups excluding carboxylic acids is 1. The average Bonchev–Trinajstić information content (AvgIpc) is 3.13. The van der Waals surface area contributed by atoms with Gasteiger partial charge in [0.05, 0.1) is 17.5 Å². The van der Waals surface area contributed by atoms with Gasteiger partial charge in [-0.25, -0.2) is 0 Å². The van der Waals surface area contributed by atoms with Crippen molar-refractivity contribution in [2.45, 2.75) is 19.0 Å². The van der Waals surface area contributed by atoms with Gasteiger partial charge in [-0.2, -0.15) is 9.94 Å². The van der Waals surface area contributed by atoms with Crippen LogP contribution in [0.2, 0.25) is 0 Å². The molecule has 0 N–H and O–H groups in total. The molecular weight excluding hydrogens is 360 g/mol. The lowest BCUT2D eigenvalue weighted by Crippen LogP contribution is -2.32. The highest BCUT2D eigenvalue weighted by atomic mass is 32.2. The molecule has 0 saturated carbocycles. The molecule has 8 heteroatoms. The number of carbonyl (C=O) groups is 1. The summed E-state index contributed by atoms with van der Waals surface area (Å²) in [6.07, 6.45) is 0. The molecule has 0 radical (unpaired) electrons. The maximum atomic E-state index is 12.7. The lowest BCUT2D eigenvalue weighted by atomic mass is 10.1. The Balaban J connectivity index is 1.79. The van der Waals surface area contributed by atoms with E-state index < -0.39 is 0 Å². The van der Waals surface area contributed by atoms with E-state index in [1.807, 2.05) is 56.3 Å². The van der Waals surface area contributed by atoms with E-state index in [-0.39, 0.29) is 18.2 Å². The van der Waals surface area contributed by atoms with Gasteiger partial charge >= 0.3 is 0 Å². The molecule has 3 aromatic rings. The van der Waals surface area contributed by atoms with Gasteiger partial charge in [-0.1, -0.05) is 48.2 Å². The number of aromatic nitrogens is 4. The Morgan fingerprint density at radius 1 is 1.15 bits per heavy atom. The third kappa shape index (κ3) is 4.15. The van der Waals surface area contributed by atoms with Crippen molar-refractivity contribution in [2.75, 3.05) is 17.2 Å². The Labute approximate surface area is 161 Å². The number of anilines is 1. The van der Waals surface area contributed by atoms with E-state index in [0.717, 1.165) is 16.8 Å². The minimum absolute atomic E-state index is 0.00868. The molecule has 0 atom stereocenters. The Kier molecular flexibility index (Phi) is 5.84. The molecule has 3 rings (SSSR count). The normalized spacial score (nSPS) is 10.4. The summed E-state index contributed by atoms with van der Waals surface area (Å²) in [7, 11) is 0. The van der Waals surface area contributed by atoms with Gasteiger partial charge in [-0.05, 0) is 47.5 Å². The molecule has 1 aromatic heterocycles. The highest BCUT2D eigenvalue weighted by molar-refractivity contribution is 7.99. The Morgan fingerprint density at radius 3 is 2.52 bits per heavy atom. The fraction of sp³-hybridized carbons (Fsp3) is 0.211. The lowest BCUT2D eigenvalue weighted by molar-refractivity contribution is -0.116. The first-order chi connectivity index (χ1) is 13.1. The minimum Gasteiger partial charge on any atom is -0.298 e. The first-order valence-electron chi connectivity index (χ1n) is 8.32. The molecule has 2 aromatic carbocycles. The van der Waals surface area contributed by atoms with Gasteiger partial charge in [-0.15, -0.1) is 5.10 Å². The summed E-state index contributed by atoms with van der Waals surface area (Å²) in [4.78, 5) is 14.1. The summed E-state index contributed by atoms with van der Waals surface area (Å²) in [6.45, 7) is 3.98. The first-order valence-corrected chi connectivity index (χ1v) is 9.30. The highest BCUT2D eigenvalue weighted by Crippen LogP contribution is 2.24. The van der Waals surface area contributed by atoms with E-state index >= 15 is 0 Å². The number of amides is 1. The molecule has 0 unspecified atom stereocenters. The standard InChI is InChI=1S/C19H18N6OS/c1-14-7-6-8-15(2)18(14)25-19(21-22-23-25)27-13-17(26)24(12-11-20)16-9-4-3-5-10-16/h3-10H,12-13H2,1-2H3. The molecule has 27 heavy (non-hydrogen) atoms. The van der Waals surface area contributed by atoms with Crippen molar-refractivity contribution in [2.24, 2.45) is 0 Å². The summed E-state index contributed by atoms with van der Waals surface area (Å²) >= 11 is 1.25. The molecule has 0 bridgehead atoms. The molecule has 0 aliphatic carbocycles. The van der Waals surface area contributed by atoms with E-state index in [1.54, 1.807) is 16.8 Å². The van der Waals surface area contributed by atoms with Gasteiger partial charge in [-0.3, -0.25) is 9.69 Å². The maximum absolute atomic E-state index is 12.7. The number of thioether (sulfide) groups is 1. The zero-order valence-corrected chi connectivity index (χ0v) is 15.8. The summed E-state index contributed by atoms with van der Waals surface area (Å²) in [5.41, 5.74) is 3.70. The molecule has 136 valence electrons. The molecule has 1 heterocycles. The second-order valence-corrected chi connectivity index (χ2v) is 6.82. The van der Waals surface area contributed by atoms with Crippen molar-refractivity contribution in [3.05, 3.63) is 59.7 Å². The van der Waals surface area contributed by atoms with E-state index in [1.165, 1.54) is 16.7 Å². The molecule has 1 amide bonds. The first kappa shape index (κ1) is 18.6. The molecule has 7 nitrogen and oxygen atoms in total. The third-order valence-electron chi connectivity index (χ3n) is 4.01. The number of nitriles is 1. The van der Waals surface area contributed by atoms with E-state index in [4.69, 9.17) is 5.26 Å². The van der Waals surface area contributed by atoms with E-state index in [2.05, 4.69) is 15.5 Å². The lowest BCUT2D eigenvalue weighted by Gasteiger charge is -2.19. The maximum Gasteiger partial charge on any atom is 0.238 e. The van der Waals surface area contributed by atoms with Gasteiger partial charge in [0.25, 0.3) is 0 Å². The van der Waals surface area contributed by atoms with E-state index in [9.17, 15) is 4.79 Å². The summed E-state index contributed by atoms with van der Waals surface area (Å²) in [5, 5.41) is 21.5. The van der Waals surface area contributed by atoms with Crippen LogP contribution in [0.4, 0.5) is 5.69 Å². The number of benzene rings is 2. The number of nitrogens with zero attached hydrogens (tertiary/aromatic N) is 6. The van der Waals surface area contributed by atoms with Crippen molar-refractivity contribution in [3.63, 3.8) is 0 Å². The number of rotatable bonds is 6. The molecule has 0 spiro atoms. The van der Waals surface area contributed by atoms with Crippen LogP contribution in [0.3, 0.4) is 0 Å². The largest absolute Gasteiger partial charge is 0.298 e. The predicted octanol–water partition coefficient (Wildman–Crippen LogP) is 2.93. The number of aryl methyl sites for hydroxylation is 2. The van der Waals surface area contributed by atoms with Crippen LogP contribution in [-0.4, -0.2) is 38.4 Å². The Bertz CT molecular complexity index is 959. The fourth-order valence-corrected chi connectivity index (χ4v) is 3.51. The summed E-state index contributed by atoms with van der Waals surface area (Å²) < 4.78 is 1.65. The molecule has 0 aliphatic rings. The van der Waals surface area contributed by atoms with Crippen LogP contribution in [0.15, 0.2) is 53.7 Å². The SMILES string of the molecule is Cc1cccc(C)c1-n1nnnc1SCC(=O)N(CC#N)c1ccccc1. The minimum atomic E-state index is -0.177. The highest BCUT2D eigenvalue weighted by Gasteiger charge is 2.19. The van der Waals surface area contributed by atoms with Crippen LogP contribution >= 0.6 is 11.8 Å². The Hall–Kier alpha value is -3.18. The number of tetrazole rings is 1. The monoisotopic (exact) mass is 378 g/mol. The topological polar surface area (TPSA) is 87.7 Å². The van der Waals surface area contributed by atoms with Crippen LogP contribution < -0.4 is 4.90 Å². The fourth-order valence-electron chi connectivity index (χ4n) is 2.76. The van der Waals surface area contributed by atoms with Crippen LogP contribution in [-0.2, 0) is 4.79 Å². The molecule has 0 aliphatic heterocycles. The van der Waals surface area contributed by atoms with Crippen molar-refractivity contribution in [3.8, 4) is 11.8 Å². The van der Waals surface area contributed by atoms with Gasteiger partial charge in [0.15, 0.2) is 0 Å². The second kappa shape index (κ2) is 8.47. The van der Waals surface area contributed by atoms with Gasteiger partial charge in [0, 0.05) is 5.69 Å². The summed E-state index contributed by atoms with van der Waals surface area (Å²) in [5.74, 6) is -0.0502. The van der Waals surface area contributed by atoms with Crippen molar-refractivity contribution >= 4 is 23.4 Å². The van der Waals surface area contributed by atoms with Crippen LogP contribution in [0, 0.1) is 25.2 Å². The predicted molar refractivity (Wildman–Crippen MR) is 104 cm³/mol. The summed E-state index contributed by atoms with van der Waals surface area (Å²) in [6, 6.07) is 17.2.